The molecule has 4 rings (SSSR count). The number of nitrogens with one attached hydrogen (secondary N) is 2. The molecule has 3 aromatic carbocycles. The number of amides is 4. The Kier molecular flexibility index (Phi) is 6.46. The highest BCUT2D eigenvalue weighted by molar-refractivity contribution is 6.12. The molecule has 180 valence electrons. The number of carbonyl (C=O) groups is 3. The van der Waals surface area contributed by atoms with E-state index in [0.717, 1.165) is 16.0 Å². The summed E-state index contributed by atoms with van der Waals surface area (Å²) >= 11 is 0. The number of urea groups is 1. The van der Waals surface area contributed by atoms with Crippen molar-refractivity contribution in [2.45, 2.75) is 19.4 Å². The van der Waals surface area contributed by atoms with Crippen LogP contribution in [0.15, 0.2) is 66.7 Å². The zero-order chi connectivity index (χ0) is 25.2. The Morgan fingerprint density at radius 1 is 0.914 bits per heavy atom. The topological polar surface area (TPSA) is 97.0 Å². The van der Waals surface area contributed by atoms with Crippen molar-refractivity contribution in [3.8, 4) is 11.5 Å². The van der Waals surface area contributed by atoms with E-state index in [9.17, 15) is 14.4 Å². The minimum atomic E-state index is -1.44. The third-order valence-corrected chi connectivity index (χ3v) is 6.23. The number of nitrogens with zero attached hydrogens (tertiary/aromatic N) is 1. The average Bonchev–Trinajstić information content (AvgIpc) is 3.11. The number of methoxy groups -OCH3 is 2. The molecule has 0 bridgehead atoms. The van der Waals surface area contributed by atoms with Gasteiger partial charge in [0.1, 0.15) is 18.0 Å². The Balaban J connectivity index is 1.67. The van der Waals surface area contributed by atoms with Crippen LogP contribution < -0.4 is 20.1 Å². The third kappa shape index (κ3) is 4.30. The Hall–Kier alpha value is -4.33. The van der Waals surface area contributed by atoms with Gasteiger partial charge in [-0.05, 0) is 48.2 Å². The normalized spacial score (nSPS) is 17.2. The number of aryl methyl sites for hydroxylation is 2. The fourth-order valence-electron chi connectivity index (χ4n) is 4.19. The molecule has 1 atom stereocenters. The number of rotatable bonds is 7. The molecule has 1 fully saturated rings. The summed E-state index contributed by atoms with van der Waals surface area (Å²) in [6.45, 7) is 3.46. The van der Waals surface area contributed by atoms with Crippen LogP contribution >= 0.6 is 0 Å². The van der Waals surface area contributed by atoms with Crippen LogP contribution in [0.25, 0.3) is 0 Å². The molecule has 1 saturated heterocycles. The zero-order valence-electron chi connectivity index (χ0n) is 20.0. The summed E-state index contributed by atoms with van der Waals surface area (Å²) in [4.78, 5) is 40.8. The second kappa shape index (κ2) is 9.50. The van der Waals surface area contributed by atoms with E-state index in [1.165, 1.54) is 14.2 Å². The van der Waals surface area contributed by atoms with Crippen molar-refractivity contribution < 1.29 is 23.9 Å². The van der Waals surface area contributed by atoms with Crippen LogP contribution in [0.2, 0.25) is 0 Å². The van der Waals surface area contributed by atoms with E-state index in [0.29, 0.717) is 28.3 Å². The first kappa shape index (κ1) is 23.8. The Labute approximate surface area is 203 Å². The maximum atomic E-state index is 13.9. The number of anilines is 1. The van der Waals surface area contributed by atoms with Crippen molar-refractivity contribution in [3.63, 3.8) is 0 Å². The molecule has 1 heterocycles. The molecular formula is C27H27N3O5. The largest absolute Gasteiger partial charge is 0.497 e. The molecule has 0 radical (unpaired) electrons. The van der Waals surface area contributed by atoms with Crippen molar-refractivity contribution in [3.05, 3.63) is 89.0 Å². The van der Waals surface area contributed by atoms with E-state index in [2.05, 4.69) is 10.6 Å². The molecule has 0 aliphatic carbocycles. The van der Waals surface area contributed by atoms with E-state index in [-0.39, 0.29) is 0 Å². The van der Waals surface area contributed by atoms with Crippen molar-refractivity contribution >= 4 is 23.5 Å². The van der Waals surface area contributed by atoms with Crippen LogP contribution in [-0.2, 0) is 15.1 Å². The molecule has 35 heavy (non-hydrogen) atoms. The molecule has 0 saturated carbocycles. The van der Waals surface area contributed by atoms with Crippen LogP contribution in [0.3, 0.4) is 0 Å². The summed E-state index contributed by atoms with van der Waals surface area (Å²) in [6, 6.07) is 19.0. The molecule has 2 N–H and O–H groups in total. The number of hydrogen-bond acceptors (Lipinski definition) is 5. The Bertz CT molecular complexity index is 1290. The van der Waals surface area contributed by atoms with Gasteiger partial charge >= 0.3 is 6.03 Å². The van der Waals surface area contributed by atoms with Gasteiger partial charge in [-0.2, -0.15) is 0 Å². The lowest BCUT2D eigenvalue weighted by atomic mass is 9.81. The summed E-state index contributed by atoms with van der Waals surface area (Å²) in [5.74, 6) is -0.132. The Morgan fingerprint density at radius 3 is 2.31 bits per heavy atom. The first-order chi connectivity index (χ1) is 16.8. The molecular weight excluding hydrogens is 446 g/mol. The van der Waals surface area contributed by atoms with E-state index < -0.39 is 29.9 Å². The SMILES string of the molecule is COc1ccc(OC)c(NC(=O)CN2C(=O)N[C@](c3ccccc3)(c3ccc(C)c(C)c3)C2=O)c1. The summed E-state index contributed by atoms with van der Waals surface area (Å²) in [7, 11) is 2.99. The van der Waals surface area contributed by atoms with Crippen molar-refractivity contribution in [2.75, 3.05) is 26.1 Å². The molecule has 8 nitrogen and oxygen atoms in total. The predicted molar refractivity (Wildman–Crippen MR) is 132 cm³/mol. The lowest BCUT2D eigenvalue weighted by Crippen LogP contribution is -2.45. The van der Waals surface area contributed by atoms with Gasteiger partial charge in [0, 0.05) is 6.07 Å². The molecule has 1 aliphatic heterocycles. The second-order valence-electron chi connectivity index (χ2n) is 8.35. The molecule has 0 spiro atoms. The number of benzene rings is 3. The van der Waals surface area contributed by atoms with Crippen LogP contribution in [0.1, 0.15) is 22.3 Å². The smallest absolute Gasteiger partial charge is 0.326 e. The van der Waals surface area contributed by atoms with E-state index in [4.69, 9.17) is 9.47 Å². The maximum Gasteiger partial charge on any atom is 0.326 e. The highest BCUT2D eigenvalue weighted by atomic mass is 16.5. The highest BCUT2D eigenvalue weighted by Crippen LogP contribution is 2.37. The van der Waals surface area contributed by atoms with Crippen LogP contribution in [0.4, 0.5) is 10.5 Å². The van der Waals surface area contributed by atoms with E-state index >= 15 is 0 Å². The quantitative estimate of drug-likeness (QED) is 0.510. The van der Waals surface area contributed by atoms with Gasteiger partial charge in [0.05, 0.1) is 19.9 Å². The predicted octanol–water partition coefficient (Wildman–Crippen LogP) is 3.75. The number of hydrogen-bond donors (Lipinski definition) is 2. The molecule has 4 amide bonds. The third-order valence-electron chi connectivity index (χ3n) is 6.23. The first-order valence-corrected chi connectivity index (χ1v) is 11.1. The van der Waals surface area contributed by atoms with Crippen molar-refractivity contribution in [1.82, 2.24) is 10.2 Å². The monoisotopic (exact) mass is 473 g/mol. The minimum Gasteiger partial charge on any atom is -0.497 e. The molecule has 0 aromatic heterocycles. The van der Waals surface area contributed by atoms with Gasteiger partial charge in [-0.25, -0.2) is 4.79 Å². The molecule has 1 aliphatic rings. The number of carbonyl (C=O) groups excluding carboxylic acids is 3. The van der Waals surface area contributed by atoms with Crippen LogP contribution in [0.5, 0.6) is 11.5 Å². The lowest BCUT2D eigenvalue weighted by molar-refractivity contribution is -0.133. The summed E-state index contributed by atoms with van der Waals surface area (Å²) < 4.78 is 10.5. The van der Waals surface area contributed by atoms with Gasteiger partial charge in [-0.1, -0.05) is 48.5 Å². The summed E-state index contributed by atoms with van der Waals surface area (Å²) in [6.07, 6.45) is 0. The van der Waals surface area contributed by atoms with Gasteiger partial charge in [-0.3, -0.25) is 14.5 Å². The Morgan fingerprint density at radius 2 is 1.66 bits per heavy atom. The van der Waals surface area contributed by atoms with Crippen LogP contribution in [-0.4, -0.2) is 43.5 Å². The zero-order valence-corrected chi connectivity index (χ0v) is 20.0. The van der Waals surface area contributed by atoms with Crippen LogP contribution in [0, 0.1) is 13.8 Å². The maximum absolute atomic E-state index is 13.9. The minimum absolute atomic E-state index is 0.368. The standard InChI is InChI=1S/C27H27N3O5/c1-17-10-11-20(14-18(17)2)27(19-8-6-5-7-9-19)25(32)30(26(33)29-27)16-24(31)28-22-15-21(34-3)12-13-23(22)35-4/h5-15H,16H2,1-4H3,(H,28,31)(H,29,33)/t27-/m1/s1. The van der Waals surface area contributed by atoms with E-state index in [1.54, 1.807) is 30.3 Å². The highest BCUT2D eigenvalue weighted by Gasteiger charge is 2.54. The molecule has 8 heteroatoms. The van der Waals surface area contributed by atoms with E-state index in [1.807, 2.05) is 50.2 Å². The molecule has 0 unspecified atom stereocenters. The second-order valence-corrected chi connectivity index (χ2v) is 8.35. The van der Waals surface area contributed by atoms with Gasteiger partial charge < -0.3 is 20.1 Å². The fraction of sp³-hybridized carbons (Fsp3) is 0.222. The van der Waals surface area contributed by atoms with Gasteiger partial charge in [0.25, 0.3) is 5.91 Å². The summed E-state index contributed by atoms with van der Waals surface area (Å²) in [5.41, 5.74) is 2.22. The first-order valence-electron chi connectivity index (χ1n) is 11.1. The average molecular weight is 474 g/mol. The van der Waals surface area contributed by atoms with Crippen molar-refractivity contribution in [1.29, 1.82) is 0 Å². The molecule has 3 aromatic rings. The number of imide groups is 1. The van der Waals surface area contributed by atoms with Gasteiger partial charge in [0.15, 0.2) is 5.54 Å². The van der Waals surface area contributed by atoms with Gasteiger partial charge in [0.2, 0.25) is 5.91 Å². The lowest BCUT2D eigenvalue weighted by Gasteiger charge is -2.28. The fourth-order valence-corrected chi connectivity index (χ4v) is 4.19. The van der Waals surface area contributed by atoms with Gasteiger partial charge in [-0.15, -0.1) is 0 Å². The van der Waals surface area contributed by atoms with Crippen molar-refractivity contribution in [2.24, 2.45) is 0 Å². The summed E-state index contributed by atoms with van der Waals surface area (Å²) in [5, 5.41) is 5.58. The number of ether oxygens (including phenoxy) is 2.